The predicted molar refractivity (Wildman–Crippen MR) is 117 cm³/mol. The number of amides is 2. The van der Waals surface area contributed by atoms with Gasteiger partial charge in [0.15, 0.2) is 0 Å². The van der Waals surface area contributed by atoms with Crippen LogP contribution in [0.15, 0.2) is 53.4 Å². The minimum atomic E-state index is -0.237. The topological polar surface area (TPSA) is 69.6 Å². The van der Waals surface area contributed by atoms with Gasteiger partial charge in [-0.1, -0.05) is 65.9 Å². The first-order valence-corrected chi connectivity index (χ1v) is 10.1. The van der Waals surface area contributed by atoms with Crippen LogP contribution >= 0.6 is 35.6 Å². The zero-order valence-electron chi connectivity index (χ0n) is 14.7. The number of thioether (sulfide) groups is 1. The molecule has 0 aromatic heterocycles. The summed E-state index contributed by atoms with van der Waals surface area (Å²) in [4.78, 5) is 26.7. The van der Waals surface area contributed by atoms with E-state index in [1.54, 1.807) is 30.3 Å². The third-order valence-corrected chi connectivity index (χ3v) is 5.75. The Kier molecular flexibility index (Phi) is 6.72. The summed E-state index contributed by atoms with van der Waals surface area (Å²) in [7, 11) is 0. The smallest absolute Gasteiger partial charge is 0.266 e. The second kappa shape index (κ2) is 9.23. The Hall–Kier alpha value is -2.35. The van der Waals surface area contributed by atoms with E-state index in [2.05, 4.69) is 5.32 Å². The molecular weight excluding hydrogens is 416 g/mol. The third-order valence-electron chi connectivity index (χ3n) is 4.03. The molecule has 0 aliphatic carbocycles. The van der Waals surface area contributed by atoms with Gasteiger partial charge in [-0.05, 0) is 36.3 Å². The van der Waals surface area contributed by atoms with Gasteiger partial charge >= 0.3 is 0 Å². The van der Waals surface area contributed by atoms with Crippen LogP contribution in [-0.2, 0) is 9.59 Å². The molecule has 0 atom stereocenters. The van der Waals surface area contributed by atoms with E-state index >= 15 is 0 Å². The summed E-state index contributed by atoms with van der Waals surface area (Å²) < 4.78 is 0.462. The molecule has 0 unspecified atom stereocenters. The predicted octanol–water partition coefficient (Wildman–Crippen LogP) is 4.67. The van der Waals surface area contributed by atoms with Gasteiger partial charge in [0.2, 0.25) is 5.91 Å². The van der Waals surface area contributed by atoms with Crippen molar-refractivity contribution < 1.29 is 14.7 Å². The van der Waals surface area contributed by atoms with Crippen LogP contribution in [0.4, 0.5) is 5.69 Å². The van der Waals surface area contributed by atoms with Crippen molar-refractivity contribution in [1.29, 1.82) is 0 Å². The Balaban J connectivity index is 1.56. The van der Waals surface area contributed by atoms with Gasteiger partial charge in [0, 0.05) is 18.0 Å². The van der Waals surface area contributed by atoms with Gasteiger partial charge in [-0.15, -0.1) is 0 Å². The zero-order valence-corrected chi connectivity index (χ0v) is 17.1. The number of carbonyl (C=O) groups excluding carboxylic acids is 2. The third kappa shape index (κ3) is 4.92. The molecule has 3 rings (SSSR count). The van der Waals surface area contributed by atoms with Crippen LogP contribution in [0.3, 0.4) is 0 Å². The van der Waals surface area contributed by atoms with E-state index in [4.69, 9.17) is 23.8 Å². The Labute approximate surface area is 177 Å². The fourth-order valence-electron chi connectivity index (χ4n) is 2.62. The molecule has 1 aliphatic rings. The van der Waals surface area contributed by atoms with Crippen LogP contribution in [0.1, 0.15) is 18.4 Å². The first kappa shape index (κ1) is 20.4. The maximum atomic E-state index is 12.6. The van der Waals surface area contributed by atoms with E-state index in [0.717, 1.165) is 5.56 Å². The highest BCUT2D eigenvalue weighted by Crippen LogP contribution is 2.33. The largest absolute Gasteiger partial charge is 0.506 e. The number of rotatable bonds is 6. The minimum Gasteiger partial charge on any atom is -0.506 e. The van der Waals surface area contributed by atoms with Gasteiger partial charge in [0.25, 0.3) is 5.91 Å². The number of thiocarbonyl (C=S) groups is 1. The van der Waals surface area contributed by atoms with E-state index in [1.165, 1.54) is 22.7 Å². The molecule has 2 N–H and O–H groups in total. The van der Waals surface area contributed by atoms with Gasteiger partial charge in [-0.3, -0.25) is 14.5 Å². The summed E-state index contributed by atoms with van der Waals surface area (Å²) in [6.07, 6.45) is 2.38. The number of nitrogens with zero attached hydrogens (tertiary/aromatic N) is 1. The molecule has 0 radical (unpaired) electrons. The van der Waals surface area contributed by atoms with E-state index < -0.39 is 0 Å². The maximum absolute atomic E-state index is 12.6. The van der Waals surface area contributed by atoms with E-state index in [9.17, 15) is 14.7 Å². The number of anilines is 1. The molecule has 2 aromatic carbocycles. The molecule has 0 bridgehead atoms. The number of nitrogens with one attached hydrogen (secondary N) is 1. The Morgan fingerprint density at radius 1 is 1.21 bits per heavy atom. The number of hydrogen-bond donors (Lipinski definition) is 2. The average Bonchev–Trinajstić information content (AvgIpc) is 2.93. The van der Waals surface area contributed by atoms with E-state index in [-0.39, 0.29) is 24.0 Å². The van der Waals surface area contributed by atoms with Crippen molar-refractivity contribution in [3.63, 3.8) is 0 Å². The summed E-state index contributed by atoms with van der Waals surface area (Å²) >= 11 is 12.7. The van der Waals surface area contributed by atoms with E-state index in [0.29, 0.717) is 32.9 Å². The lowest BCUT2D eigenvalue weighted by molar-refractivity contribution is -0.122. The van der Waals surface area contributed by atoms with Crippen molar-refractivity contribution >= 4 is 63.5 Å². The number of carbonyl (C=O) groups is 2. The van der Waals surface area contributed by atoms with Gasteiger partial charge in [0.05, 0.1) is 10.6 Å². The Bertz CT molecular complexity index is 962. The van der Waals surface area contributed by atoms with Crippen LogP contribution in [0.5, 0.6) is 5.75 Å². The van der Waals surface area contributed by atoms with Gasteiger partial charge in [0.1, 0.15) is 10.1 Å². The van der Waals surface area contributed by atoms with Crippen LogP contribution in [-0.4, -0.2) is 32.7 Å². The standard InChI is InChI=1S/C20H17ClN2O3S2/c21-14-7-2-1-6-13(14)12-17-19(26)23(20(27)28-17)11-5-10-18(25)22-15-8-3-4-9-16(15)24/h1-4,6-9,12,24H,5,10-11H2,(H,22,25)/b17-12-. The summed E-state index contributed by atoms with van der Waals surface area (Å²) in [5.74, 6) is -0.410. The van der Waals surface area contributed by atoms with Crippen LogP contribution in [0.25, 0.3) is 6.08 Å². The molecular formula is C20H17ClN2O3S2. The summed E-state index contributed by atoms with van der Waals surface area (Å²) in [6, 6.07) is 13.8. The highest BCUT2D eigenvalue weighted by molar-refractivity contribution is 8.26. The molecule has 5 nitrogen and oxygen atoms in total. The van der Waals surface area contributed by atoms with Crippen molar-refractivity contribution in [1.82, 2.24) is 4.90 Å². The number of phenolic OH excluding ortho intramolecular Hbond substituents is 1. The quantitative estimate of drug-likeness (QED) is 0.394. The number of benzene rings is 2. The molecule has 28 heavy (non-hydrogen) atoms. The summed E-state index contributed by atoms with van der Waals surface area (Å²) in [5.41, 5.74) is 1.12. The van der Waals surface area contributed by atoms with Crippen molar-refractivity contribution in [2.75, 3.05) is 11.9 Å². The number of hydrogen-bond acceptors (Lipinski definition) is 5. The molecule has 2 amide bonds. The van der Waals surface area contributed by atoms with Gasteiger partial charge in [-0.2, -0.15) is 0 Å². The zero-order chi connectivity index (χ0) is 20.1. The maximum Gasteiger partial charge on any atom is 0.266 e. The lowest BCUT2D eigenvalue weighted by Crippen LogP contribution is -2.29. The molecule has 1 heterocycles. The van der Waals surface area contributed by atoms with Crippen molar-refractivity contribution in [3.8, 4) is 5.75 Å². The second-order valence-corrected chi connectivity index (χ2v) is 8.11. The van der Waals surface area contributed by atoms with Crippen LogP contribution in [0, 0.1) is 0 Å². The number of para-hydroxylation sites is 2. The first-order valence-electron chi connectivity index (χ1n) is 8.53. The lowest BCUT2D eigenvalue weighted by Gasteiger charge is -2.14. The molecule has 0 saturated carbocycles. The number of aromatic hydroxyl groups is 1. The molecule has 0 spiro atoms. The first-order chi connectivity index (χ1) is 13.5. The molecule has 8 heteroatoms. The second-order valence-electron chi connectivity index (χ2n) is 6.02. The molecule has 1 fully saturated rings. The fourth-order valence-corrected chi connectivity index (χ4v) is 4.11. The fraction of sp³-hybridized carbons (Fsp3) is 0.150. The average molecular weight is 433 g/mol. The molecule has 1 aliphatic heterocycles. The normalized spacial score (nSPS) is 15.3. The van der Waals surface area contributed by atoms with Crippen LogP contribution in [0.2, 0.25) is 5.02 Å². The SMILES string of the molecule is O=C(CCCN1C(=O)/C(=C/c2ccccc2Cl)SC1=S)Nc1ccccc1O. The number of halogens is 1. The van der Waals surface area contributed by atoms with Crippen molar-refractivity contribution in [2.45, 2.75) is 12.8 Å². The van der Waals surface area contributed by atoms with Gasteiger partial charge in [-0.25, -0.2) is 0 Å². The lowest BCUT2D eigenvalue weighted by atomic mass is 10.2. The summed E-state index contributed by atoms with van der Waals surface area (Å²) in [5, 5.41) is 12.9. The van der Waals surface area contributed by atoms with Crippen molar-refractivity contribution in [3.05, 3.63) is 64.0 Å². The minimum absolute atomic E-state index is 0.0116. The van der Waals surface area contributed by atoms with Gasteiger partial charge < -0.3 is 10.4 Å². The highest BCUT2D eigenvalue weighted by atomic mass is 35.5. The molecule has 144 valence electrons. The Morgan fingerprint density at radius 3 is 2.68 bits per heavy atom. The van der Waals surface area contributed by atoms with E-state index in [1.807, 2.05) is 18.2 Å². The molecule has 2 aromatic rings. The van der Waals surface area contributed by atoms with Crippen molar-refractivity contribution in [2.24, 2.45) is 0 Å². The molecule has 1 saturated heterocycles. The Morgan fingerprint density at radius 2 is 1.93 bits per heavy atom. The summed E-state index contributed by atoms with van der Waals surface area (Å²) in [6.45, 7) is 0.346. The highest BCUT2D eigenvalue weighted by Gasteiger charge is 2.31. The number of phenols is 1. The van der Waals surface area contributed by atoms with Crippen LogP contribution < -0.4 is 5.32 Å². The monoisotopic (exact) mass is 432 g/mol.